The van der Waals surface area contributed by atoms with Gasteiger partial charge in [0.15, 0.2) is 0 Å². The first-order valence-electron chi connectivity index (χ1n) is 13.1. The van der Waals surface area contributed by atoms with Crippen LogP contribution in [0, 0.1) is 22.7 Å². The fourth-order valence-electron chi connectivity index (χ4n) is 8.87. The van der Waals surface area contributed by atoms with Gasteiger partial charge in [-0.3, -0.25) is 0 Å². The molecule has 0 spiro atoms. The minimum absolute atomic E-state index is 0.0882. The lowest BCUT2D eigenvalue weighted by Gasteiger charge is -2.69. The summed E-state index contributed by atoms with van der Waals surface area (Å²) < 4.78 is 6.11. The molecule has 0 heterocycles. The third-order valence-electron chi connectivity index (χ3n) is 11.1. The Morgan fingerprint density at radius 3 is 2.34 bits per heavy atom. The standard InChI is InChI=1S/C28H40O7/c1-17(29)26(32)13-14-28(34)25(26,3)22(35-23(31)18-7-5-4-6-8-18)16-21-24(2)11-10-20(30)15-19(24)9-12-27(21,28)33/h4-8,17,19-22,29-30,32-34H,9-16H2,1-3H3. The highest BCUT2D eigenvalue weighted by Gasteiger charge is 2.81. The van der Waals surface area contributed by atoms with Crippen molar-refractivity contribution in [2.24, 2.45) is 22.7 Å². The molecule has 194 valence electrons. The van der Waals surface area contributed by atoms with Gasteiger partial charge in [0.1, 0.15) is 17.3 Å². The van der Waals surface area contributed by atoms with Gasteiger partial charge in [0.2, 0.25) is 0 Å². The monoisotopic (exact) mass is 488 g/mol. The number of hydrogen-bond donors (Lipinski definition) is 5. The summed E-state index contributed by atoms with van der Waals surface area (Å²) in [6, 6.07) is 8.62. The van der Waals surface area contributed by atoms with E-state index < -0.39 is 40.4 Å². The Hall–Kier alpha value is -1.51. The quantitative estimate of drug-likeness (QED) is 0.414. The Labute approximate surface area is 207 Å². The minimum atomic E-state index is -1.76. The van der Waals surface area contributed by atoms with Crippen molar-refractivity contribution in [2.75, 3.05) is 0 Å². The molecule has 10 atom stereocenters. The van der Waals surface area contributed by atoms with E-state index in [0.29, 0.717) is 37.7 Å². The van der Waals surface area contributed by atoms with E-state index in [1.54, 1.807) is 37.3 Å². The largest absolute Gasteiger partial charge is 0.458 e. The number of ether oxygens (including phenoxy) is 1. The molecular weight excluding hydrogens is 448 g/mol. The van der Waals surface area contributed by atoms with Gasteiger partial charge in [-0.25, -0.2) is 4.79 Å². The molecule has 0 bridgehead atoms. The fourth-order valence-corrected chi connectivity index (χ4v) is 8.87. The van der Waals surface area contributed by atoms with Gasteiger partial charge in [0.25, 0.3) is 0 Å². The van der Waals surface area contributed by atoms with Gasteiger partial charge in [-0.15, -0.1) is 0 Å². The highest BCUT2D eigenvalue weighted by molar-refractivity contribution is 5.89. The fraction of sp³-hybridized carbons (Fsp3) is 0.750. The lowest BCUT2D eigenvalue weighted by atomic mass is 9.40. The van der Waals surface area contributed by atoms with Crippen molar-refractivity contribution in [1.82, 2.24) is 0 Å². The Bertz CT molecular complexity index is 983. The van der Waals surface area contributed by atoms with Crippen LogP contribution < -0.4 is 0 Å². The van der Waals surface area contributed by atoms with E-state index in [9.17, 15) is 30.3 Å². The molecule has 5 rings (SSSR count). The van der Waals surface area contributed by atoms with Crippen LogP contribution in [0.2, 0.25) is 0 Å². The molecule has 35 heavy (non-hydrogen) atoms. The molecule has 5 N–H and O–H groups in total. The van der Waals surface area contributed by atoms with Gasteiger partial charge in [-0.2, -0.15) is 0 Å². The molecule has 7 nitrogen and oxygen atoms in total. The van der Waals surface area contributed by atoms with Crippen molar-refractivity contribution < 1.29 is 35.1 Å². The van der Waals surface area contributed by atoms with Gasteiger partial charge >= 0.3 is 5.97 Å². The first-order valence-corrected chi connectivity index (χ1v) is 13.1. The van der Waals surface area contributed by atoms with E-state index in [0.717, 1.165) is 0 Å². The van der Waals surface area contributed by atoms with Crippen LogP contribution in [0.1, 0.15) is 82.5 Å². The second-order valence-electron chi connectivity index (χ2n) is 12.3. The van der Waals surface area contributed by atoms with E-state index in [2.05, 4.69) is 6.92 Å². The predicted octanol–water partition coefficient (Wildman–Crippen LogP) is 2.57. The molecule has 0 saturated heterocycles. The summed E-state index contributed by atoms with van der Waals surface area (Å²) in [7, 11) is 0. The van der Waals surface area contributed by atoms with Crippen molar-refractivity contribution in [3.63, 3.8) is 0 Å². The van der Waals surface area contributed by atoms with E-state index in [-0.39, 0.29) is 42.6 Å². The first kappa shape index (κ1) is 25.2. The minimum Gasteiger partial charge on any atom is -0.458 e. The summed E-state index contributed by atoms with van der Waals surface area (Å²) >= 11 is 0. The van der Waals surface area contributed by atoms with Crippen molar-refractivity contribution >= 4 is 5.97 Å². The number of carbonyl (C=O) groups is 1. The van der Waals surface area contributed by atoms with Crippen LogP contribution in [0.3, 0.4) is 0 Å². The zero-order chi connectivity index (χ0) is 25.4. The molecule has 0 amide bonds. The normalized spacial score (nSPS) is 49.9. The van der Waals surface area contributed by atoms with E-state index >= 15 is 0 Å². The van der Waals surface area contributed by atoms with Gasteiger partial charge in [-0.1, -0.05) is 32.0 Å². The van der Waals surface area contributed by atoms with Crippen molar-refractivity contribution in [1.29, 1.82) is 0 Å². The highest BCUT2D eigenvalue weighted by Crippen LogP contribution is 2.72. The zero-order valence-corrected chi connectivity index (χ0v) is 21.0. The van der Waals surface area contributed by atoms with Gasteiger partial charge in [0.05, 0.1) is 28.8 Å². The molecule has 0 radical (unpaired) electrons. The predicted molar refractivity (Wildman–Crippen MR) is 128 cm³/mol. The number of aliphatic hydroxyl groups excluding tert-OH is 2. The van der Waals surface area contributed by atoms with Crippen molar-refractivity contribution in [3.8, 4) is 0 Å². The highest BCUT2D eigenvalue weighted by atomic mass is 16.5. The maximum Gasteiger partial charge on any atom is 0.338 e. The van der Waals surface area contributed by atoms with E-state index in [1.165, 1.54) is 6.92 Å². The third-order valence-corrected chi connectivity index (χ3v) is 11.1. The lowest BCUT2D eigenvalue weighted by Crippen LogP contribution is -2.79. The number of hydrogen-bond acceptors (Lipinski definition) is 7. The van der Waals surface area contributed by atoms with Crippen LogP contribution in [0.4, 0.5) is 0 Å². The Morgan fingerprint density at radius 2 is 1.69 bits per heavy atom. The number of benzene rings is 1. The molecule has 4 aliphatic rings. The molecule has 10 unspecified atom stereocenters. The second-order valence-corrected chi connectivity index (χ2v) is 12.3. The maximum atomic E-state index is 13.2. The van der Waals surface area contributed by atoms with Crippen LogP contribution >= 0.6 is 0 Å². The molecule has 4 saturated carbocycles. The van der Waals surface area contributed by atoms with Crippen LogP contribution in [0.5, 0.6) is 0 Å². The summed E-state index contributed by atoms with van der Waals surface area (Å²) in [5.41, 5.74) is -6.49. The summed E-state index contributed by atoms with van der Waals surface area (Å²) in [6.45, 7) is 5.29. The summed E-state index contributed by atoms with van der Waals surface area (Å²) in [5, 5.41) is 57.8. The van der Waals surface area contributed by atoms with Gasteiger partial charge < -0.3 is 30.3 Å². The number of esters is 1. The Morgan fingerprint density at radius 1 is 1.00 bits per heavy atom. The van der Waals surface area contributed by atoms with Gasteiger partial charge in [0, 0.05) is 0 Å². The van der Waals surface area contributed by atoms with Gasteiger partial charge in [-0.05, 0) is 87.7 Å². The topological polar surface area (TPSA) is 127 Å². The number of fused-ring (bicyclic) bond motifs is 5. The van der Waals surface area contributed by atoms with E-state index in [1.807, 2.05) is 0 Å². The first-order chi connectivity index (χ1) is 16.3. The molecule has 4 fully saturated rings. The SMILES string of the molecule is CC(O)C1(O)CCC2(O)C3(O)CCC4CC(O)CCC4(C)C3CC(OC(=O)c3ccccc3)C12C. The number of carbonyl (C=O) groups excluding carboxylic acids is 1. The van der Waals surface area contributed by atoms with Crippen LogP contribution in [-0.4, -0.2) is 66.6 Å². The molecule has 1 aromatic carbocycles. The molecule has 7 heteroatoms. The summed E-state index contributed by atoms with van der Waals surface area (Å²) in [6.07, 6.45) is 0.968. The average molecular weight is 489 g/mol. The molecule has 0 aromatic heterocycles. The van der Waals surface area contributed by atoms with Crippen molar-refractivity contribution in [2.45, 2.75) is 107 Å². The Balaban J connectivity index is 1.62. The number of rotatable bonds is 3. The molecule has 4 aliphatic carbocycles. The lowest BCUT2D eigenvalue weighted by molar-refractivity contribution is -0.340. The van der Waals surface area contributed by atoms with E-state index in [4.69, 9.17) is 4.74 Å². The molecular formula is C28H40O7. The zero-order valence-electron chi connectivity index (χ0n) is 21.0. The maximum absolute atomic E-state index is 13.2. The molecule has 0 aliphatic heterocycles. The molecule has 1 aromatic rings. The summed E-state index contributed by atoms with van der Waals surface area (Å²) in [4.78, 5) is 13.2. The van der Waals surface area contributed by atoms with Crippen LogP contribution in [0.15, 0.2) is 30.3 Å². The Kier molecular flexibility index (Phi) is 5.74. The van der Waals surface area contributed by atoms with Crippen LogP contribution in [-0.2, 0) is 4.74 Å². The summed E-state index contributed by atoms with van der Waals surface area (Å²) in [5.74, 6) is -0.753. The average Bonchev–Trinajstić information content (AvgIpc) is 3.06. The van der Waals surface area contributed by atoms with Crippen LogP contribution in [0.25, 0.3) is 0 Å². The number of aliphatic hydroxyl groups is 5. The smallest absolute Gasteiger partial charge is 0.338 e. The van der Waals surface area contributed by atoms with Crippen molar-refractivity contribution in [3.05, 3.63) is 35.9 Å². The second kappa shape index (κ2) is 7.99. The third kappa shape index (κ3) is 3.11.